The van der Waals surface area contributed by atoms with Crippen molar-refractivity contribution in [2.75, 3.05) is 12.4 Å². The Morgan fingerprint density at radius 1 is 1.24 bits per heavy atom. The molecule has 1 aromatic heterocycles. The highest BCUT2D eigenvalue weighted by Gasteiger charge is 2.23. The van der Waals surface area contributed by atoms with Crippen LogP contribution < -0.4 is 10.0 Å². The summed E-state index contributed by atoms with van der Waals surface area (Å²) < 4.78 is 27.8. The van der Waals surface area contributed by atoms with Gasteiger partial charge >= 0.3 is 0 Å². The van der Waals surface area contributed by atoms with E-state index in [1.165, 1.54) is 11.3 Å². The molecule has 0 bridgehead atoms. The Kier molecular flexibility index (Phi) is 4.65. The molecule has 2 N–H and O–H groups in total. The molecule has 0 aliphatic heterocycles. The minimum Gasteiger partial charge on any atom is -0.387 e. The van der Waals surface area contributed by atoms with Crippen LogP contribution in [0.5, 0.6) is 0 Å². The first kappa shape index (κ1) is 15.9. The maximum atomic E-state index is 12.5. The van der Waals surface area contributed by atoms with Gasteiger partial charge in [-0.15, -0.1) is 11.3 Å². The molecule has 0 spiro atoms. The van der Waals surface area contributed by atoms with Crippen molar-refractivity contribution in [3.63, 3.8) is 0 Å². The van der Waals surface area contributed by atoms with Crippen molar-refractivity contribution in [2.24, 2.45) is 0 Å². The van der Waals surface area contributed by atoms with Gasteiger partial charge in [0.2, 0.25) is 10.0 Å². The van der Waals surface area contributed by atoms with Gasteiger partial charge in [0.15, 0.2) is 0 Å². The smallest absolute Gasteiger partial charge is 0.243 e. The van der Waals surface area contributed by atoms with E-state index in [0.29, 0.717) is 5.69 Å². The van der Waals surface area contributed by atoms with Crippen LogP contribution in [0, 0.1) is 13.8 Å². The molecule has 1 atom stereocenters. The highest BCUT2D eigenvalue weighted by Crippen LogP contribution is 2.27. The molecule has 0 aliphatic rings. The maximum Gasteiger partial charge on any atom is 0.243 e. The third-order valence-electron chi connectivity index (χ3n) is 3.11. The molecule has 114 valence electrons. The van der Waals surface area contributed by atoms with Crippen LogP contribution in [0.25, 0.3) is 0 Å². The van der Waals surface area contributed by atoms with E-state index in [4.69, 9.17) is 0 Å². The summed E-state index contributed by atoms with van der Waals surface area (Å²) in [6, 6.07) is 6.52. The van der Waals surface area contributed by atoms with Crippen molar-refractivity contribution in [2.45, 2.75) is 31.7 Å². The lowest BCUT2D eigenvalue weighted by atomic mass is 10.2. The van der Waals surface area contributed by atoms with E-state index in [1.54, 1.807) is 31.3 Å². The average Bonchev–Trinajstić information content (AvgIpc) is 2.77. The first-order valence-electron chi connectivity index (χ1n) is 6.58. The molecule has 1 unspecified atom stereocenters. The molecular weight excluding hydrogens is 306 g/mol. The number of benzene rings is 1. The number of nitrogens with one attached hydrogen (secondary N) is 2. The van der Waals surface area contributed by atoms with Gasteiger partial charge in [0, 0.05) is 11.9 Å². The van der Waals surface area contributed by atoms with E-state index in [2.05, 4.69) is 15.0 Å². The predicted molar refractivity (Wildman–Crippen MR) is 86.3 cm³/mol. The molecule has 2 rings (SSSR count). The molecule has 0 saturated carbocycles. The molecule has 0 radical (unpaired) electrons. The molecule has 1 aromatic carbocycles. The average molecular weight is 325 g/mol. The van der Waals surface area contributed by atoms with Crippen molar-refractivity contribution in [3.05, 3.63) is 39.8 Å². The minimum atomic E-state index is -3.59. The third kappa shape index (κ3) is 3.42. The van der Waals surface area contributed by atoms with Crippen LogP contribution in [-0.2, 0) is 10.0 Å². The Labute approximate surface area is 129 Å². The molecule has 0 aliphatic carbocycles. The zero-order chi connectivity index (χ0) is 15.6. The van der Waals surface area contributed by atoms with Gasteiger partial charge in [-0.3, -0.25) is 0 Å². The van der Waals surface area contributed by atoms with Crippen molar-refractivity contribution in [1.29, 1.82) is 0 Å². The Balaban J connectivity index is 2.31. The van der Waals surface area contributed by atoms with Gasteiger partial charge in [0.1, 0.15) is 4.90 Å². The van der Waals surface area contributed by atoms with Gasteiger partial charge in [-0.05, 0) is 32.9 Å². The van der Waals surface area contributed by atoms with Crippen LogP contribution in [-0.4, -0.2) is 20.4 Å². The number of para-hydroxylation sites is 1. The Hall–Kier alpha value is -1.44. The Morgan fingerprint density at radius 2 is 1.90 bits per heavy atom. The second-order valence-corrected chi connectivity index (χ2v) is 7.69. The fraction of sp³-hybridized carbons (Fsp3) is 0.357. The second kappa shape index (κ2) is 6.13. The van der Waals surface area contributed by atoms with E-state index in [9.17, 15) is 8.42 Å². The molecule has 2 aromatic rings. The Morgan fingerprint density at radius 3 is 2.48 bits per heavy atom. The minimum absolute atomic E-state index is 0.248. The van der Waals surface area contributed by atoms with Gasteiger partial charge in [-0.2, -0.15) is 0 Å². The lowest BCUT2D eigenvalue weighted by molar-refractivity contribution is 0.568. The number of hydrogen-bond donors (Lipinski definition) is 2. The number of anilines is 1. The van der Waals surface area contributed by atoms with E-state index in [1.807, 2.05) is 20.8 Å². The summed E-state index contributed by atoms with van der Waals surface area (Å²) in [7, 11) is -1.89. The highest BCUT2D eigenvalue weighted by molar-refractivity contribution is 7.89. The molecule has 0 amide bonds. The van der Waals surface area contributed by atoms with Gasteiger partial charge in [0.05, 0.1) is 22.4 Å². The third-order valence-corrected chi connectivity index (χ3v) is 5.96. The Bertz CT molecular complexity index is 738. The van der Waals surface area contributed by atoms with E-state index in [-0.39, 0.29) is 10.9 Å². The van der Waals surface area contributed by atoms with E-state index < -0.39 is 10.0 Å². The number of aromatic nitrogens is 1. The number of sulfonamides is 1. The van der Waals surface area contributed by atoms with Crippen LogP contribution in [0.4, 0.5) is 5.69 Å². The van der Waals surface area contributed by atoms with Crippen LogP contribution in [0.15, 0.2) is 29.2 Å². The number of thiazole rings is 1. The quantitative estimate of drug-likeness (QED) is 0.887. The predicted octanol–water partition coefficient (Wildman–Crippen LogP) is 2.84. The van der Waals surface area contributed by atoms with Gasteiger partial charge in [-0.25, -0.2) is 18.1 Å². The van der Waals surface area contributed by atoms with E-state index in [0.717, 1.165) is 15.6 Å². The summed E-state index contributed by atoms with van der Waals surface area (Å²) in [6.45, 7) is 5.64. The lowest BCUT2D eigenvalue weighted by Gasteiger charge is -2.15. The molecular formula is C14H19N3O2S2. The fourth-order valence-corrected chi connectivity index (χ4v) is 4.64. The van der Waals surface area contributed by atoms with Crippen LogP contribution in [0.3, 0.4) is 0 Å². The number of hydrogen-bond acceptors (Lipinski definition) is 5. The van der Waals surface area contributed by atoms with E-state index >= 15 is 0 Å². The van der Waals surface area contributed by atoms with Crippen molar-refractivity contribution in [3.8, 4) is 0 Å². The standard InChI is InChI=1S/C14H19N3O2S2/c1-9-14(20-11(3)16-9)10(2)17-21(18,19)13-8-6-5-7-12(13)15-4/h5-8,10,15,17H,1-4H3. The van der Waals surface area contributed by atoms with Crippen LogP contribution >= 0.6 is 11.3 Å². The molecule has 1 heterocycles. The normalized spacial score (nSPS) is 13.1. The molecule has 21 heavy (non-hydrogen) atoms. The molecule has 7 heteroatoms. The zero-order valence-electron chi connectivity index (χ0n) is 12.5. The topological polar surface area (TPSA) is 71.1 Å². The molecule has 0 fully saturated rings. The summed E-state index contributed by atoms with van der Waals surface area (Å²) in [5.41, 5.74) is 1.45. The van der Waals surface area contributed by atoms with Gasteiger partial charge < -0.3 is 5.32 Å². The van der Waals surface area contributed by atoms with Crippen LogP contribution in [0.1, 0.15) is 28.5 Å². The largest absolute Gasteiger partial charge is 0.387 e. The van der Waals surface area contributed by atoms with Crippen molar-refractivity contribution in [1.82, 2.24) is 9.71 Å². The molecule has 0 saturated heterocycles. The lowest BCUT2D eigenvalue weighted by Crippen LogP contribution is -2.27. The maximum absolute atomic E-state index is 12.5. The fourth-order valence-electron chi connectivity index (χ4n) is 2.21. The van der Waals surface area contributed by atoms with Crippen molar-refractivity contribution < 1.29 is 8.42 Å². The summed E-state index contributed by atoms with van der Waals surface area (Å²) in [4.78, 5) is 5.53. The summed E-state index contributed by atoms with van der Waals surface area (Å²) in [6.07, 6.45) is 0. The first-order valence-corrected chi connectivity index (χ1v) is 8.88. The second-order valence-electron chi connectivity index (χ2n) is 4.77. The number of rotatable bonds is 5. The monoisotopic (exact) mass is 325 g/mol. The summed E-state index contributed by atoms with van der Waals surface area (Å²) in [5.74, 6) is 0. The van der Waals surface area contributed by atoms with Crippen LogP contribution in [0.2, 0.25) is 0 Å². The number of aryl methyl sites for hydroxylation is 2. The summed E-state index contributed by atoms with van der Waals surface area (Å²) >= 11 is 1.51. The highest BCUT2D eigenvalue weighted by atomic mass is 32.2. The SMILES string of the molecule is CNc1ccccc1S(=O)(=O)NC(C)c1sc(C)nc1C. The van der Waals surface area contributed by atoms with Crippen molar-refractivity contribution >= 4 is 27.0 Å². The number of nitrogens with zero attached hydrogens (tertiary/aromatic N) is 1. The van der Waals surface area contributed by atoms with Gasteiger partial charge in [-0.1, -0.05) is 12.1 Å². The first-order chi connectivity index (χ1) is 9.85. The van der Waals surface area contributed by atoms with Gasteiger partial charge in [0.25, 0.3) is 0 Å². The summed E-state index contributed by atoms with van der Waals surface area (Å²) in [5, 5.41) is 3.84. The molecule has 5 nitrogen and oxygen atoms in total. The zero-order valence-corrected chi connectivity index (χ0v) is 14.1.